The van der Waals surface area contributed by atoms with Gasteiger partial charge in [-0.1, -0.05) is 35.5 Å². The first-order valence-electron chi connectivity index (χ1n) is 6.01. The predicted octanol–water partition coefficient (Wildman–Crippen LogP) is 1.49. The number of methoxy groups -OCH3 is 1. The van der Waals surface area contributed by atoms with Gasteiger partial charge in [0.1, 0.15) is 5.84 Å². The molecule has 18 heavy (non-hydrogen) atoms. The summed E-state index contributed by atoms with van der Waals surface area (Å²) >= 11 is 0. The van der Waals surface area contributed by atoms with Crippen molar-refractivity contribution in [1.29, 1.82) is 0 Å². The molecule has 0 saturated carbocycles. The summed E-state index contributed by atoms with van der Waals surface area (Å²) in [5.41, 5.74) is 6.70. The Kier molecular flexibility index (Phi) is 6.83. The first-order chi connectivity index (χ1) is 8.77. The number of ether oxygens (including phenoxy) is 1. The minimum absolute atomic E-state index is 0.0546. The molecule has 0 radical (unpaired) electrons. The number of nitrogens with zero attached hydrogens (tertiary/aromatic N) is 1. The SMILES string of the molecule is COCCCNC(CC(N)=NO)c1ccccc1. The van der Waals surface area contributed by atoms with Gasteiger partial charge in [-0.05, 0) is 18.5 Å². The van der Waals surface area contributed by atoms with E-state index in [2.05, 4.69) is 10.5 Å². The number of hydrogen-bond acceptors (Lipinski definition) is 4. The van der Waals surface area contributed by atoms with Crippen LogP contribution in [0, 0.1) is 0 Å². The first-order valence-corrected chi connectivity index (χ1v) is 6.01. The van der Waals surface area contributed by atoms with E-state index in [1.807, 2.05) is 30.3 Å². The Hall–Kier alpha value is -1.59. The highest BCUT2D eigenvalue weighted by atomic mass is 16.5. The summed E-state index contributed by atoms with van der Waals surface area (Å²) in [5.74, 6) is 0.225. The fourth-order valence-electron chi connectivity index (χ4n) is 1.74. The van der Waals surface area contributed by atoms with Gasteiger partial charge in [-0.15, -0.1) is 0 Å². The number of hydrogen-bond donors (Lipinski definition) is 3. The summed E-state index contributed by atoms with van der Waals surface area (Å²) in [6, 6.07) is 10.0. The molecule has 1 aromatic carbocycles. The zero-order chi connectivity index (χ0) is 13.2. The van der Waals surface area contributed by atoms with Crippen molar-refractivity contribution in [3.8, 4) is 0 Å². The molecule has 0 amide bonds. The average molecular weight is 251 g/mol. The van der Waals surface area contributed by atoms with Gasteiger partial charge in [0.05, 0.1) is 0 Å². The van der Waals surface area contributed by atoms with E-state index in [4.69, 9.17) is 15.7 Å². The van der Waals surface area contributed by atoms with Crippen LogP contribution in [0.5, 0.6) is 0 Å². The van der Waals surface area contributed by atoms with E-state index >= 15 is 0 Å². The number of benzene rings is 1. The number of rotatable bonds is 8. The van der Waals surface area contributed by atoms with Gasteiger partial charge in [0.25, 0.3) is 0 Å². The van der Waals surface area contributed by atoms with Crippen molar-refractivity contribution in [2.75, 3.05) is 20.3 Å². The largest absolute Gasteiger partial charge is 0.409 e. The second-order valence-electron chi connectivity index (χ2n) is 4.06. The Labute approximate surface area is 108 Å². The molecule has 0 aliphatic rings. The van der Waals surface area contributed by atoms with E-state index in [0.717, 1.165) is 25.1 Å². The van der Waals surface area contributed by atoms with Crippen molar-refractivity contribution >= 4 is 5.84 Å². The highest BCUT2D eigenvalue weighted by Gasteiger charge is 2.12. The maximum absolute atomic E-state index is 8.66. The third-order valence-corrected chi connectivity index (χ3v) is 2.66. The Morgan fingerprint density at radius 1 is 1.44 bits per heavy atom. The summed E-state index contributed by atoms with van der Waals surface area (Å²) < 4.78 is 5.00. The molecule has 100 valence electrons. The minimum atomic E-state index is 0.0546. The summed E-state index contributed by atoms with van der Waals surface area (Å²) in [6.07, 6.45) is 1.41. The molecule has 0 saturated heterocycles. The quantitative estimate of drug-likeness (QED) is 0.215. The zero-order valence-corrected chi connectivity index (χ0v) is 10.7. The van der Waals surface area contributed by atoms with Crippen molar-refractivity contribution in [2.45, 2.75) is 18.9 Å². The molecule has 0 aliphatic carbocycles. The predicted molar refractivity (Wildman–Crippen MR) is 71.7 cm³/mol. The van der Waals surface area contributed by atoms with Gasteiger partial charge >= 0.3 is 0 Å². The molecule has 5 heteroatoms. The molecule has 1 unspecified atom stereocenters. The molecule has 0 bridgehead atoms. The Morgan fingerprint density at radius 2 is 2.17 bits per heavy atom. The maximum atomic E-state index is 8.66. The smallest absolute Gasteiger partial charge is 0.141 e. The molecule has 1 rings (SSSR count). The lowest BCUT2D eigenvalue weighted by atomic mass is 10.0. The fourth-order valence-corrected chi connectivity index (χ4v) is 1.74. The van der Waals surface area contributed by atoms with E-state index < -0.39 is 0 Å². The van der Waals surface area contributed by atoms with E-state index in [9.17, 15) is 0 Å². The van der Waals surface area contributed by atoms with Crippen molar-refractivity contribution in [3.63, 3.8) is 0 Å². The van der Waals surface area contributed by atoms with Crippen LogP contribution in [0.25, 0.3) is 0 Å². The third-order valence-electron chi connectivity index (χ3n) is 2.66. The van der Waals surface area contributed by atoms with Gasteiger partial charge in [-0.2, -0.15) is 0 Å². The third kappa shape index (κ3) is 5.16. The molecular weight excluding hydrogens is 230 g/mol. The number of nitrogens with one attached hydrogen (secondary N) is 1. The lowest BCUT2D eigenvalue weighted by Gasteiger charge is -2.18. The molecular formula is C13H21N3O2. The summed E-state index contributed by atoms with van der Waals surface area (Å²) in [4.78, 5) is 0. The van der Waals surface area contributed by atoms with Gasteiger partial charge in [0.2, 0.25) is 0 Å². The van der Waals surface area contributed by atoms with Crippen molar-refractivity contribution in [2.24, 2.45) is 10.9 Å². The topological polar surface area (TPSA) is 79.9 Å². The maximum Gasteiger partial charge on any atom is 0.141 e. The van der Waals surface area contributed by atoms with Crippen LogP contribution in [0.4, 0.5) is 0 Å². The normalized spacial score (nSPS) is 13.5. The van der Waals surface area contributed by atoms with Crippen molar-refractivity contribution in [1.82, 2.24) is 5.32 Å². The molecule has 0 spiro atoms. The Morgan fingerprint density at radius 3 is 2.78 bits per heavy atom. The Bertz CT molecular complexity index is 355. The molecule has 5 nitrogen and oxygen atoms in total. The minimum Gasteiger partial charge on any atom is -0.409 e. The molecule has 0 fully saturated rings. The second kappa shape index (κ2) is 8.49. The molecule has 1 atom stereocenters. The fraction of sp³-hybridized carbons (Fsp3) is 0.462. The molecule has 0 aliphatic heterocycles. The lowest BCUT2D eigenvalue weighted by molar-refractivity contribution is 0.193. The van der Waals surface area contributed by atoms with Gasteiger partial charge in [-0.25, -0.2) is 0 Å². The standard InChI is InChI=1S/C13H21N3O2/c1-18-9-5-8-15-12(10-13(14)16-17)11-6-3-2-4-7-11/h2-4,6-7,12,15,17H,5,8-10H2,1H3,(H2,14,16). The van der Waals surface area contributed by atoms with Crippen LogP contribution in [-0.4, -0.2) is 31.3 Å². The van der Waals surface area contributed by atoms with E-state index in [1.54, 1.807) is 7.11 Å². The highest BCUT2D eigenvalue weighted by Crippen LogP contribution is 2.16. The zero-order valence-electron chi connectivity index (χ0n) is 10.7. The average Bonchev–Trinajstić information content (AvgIpc) is 2.43. The van der Waals surface area contributed by atoms with E-state index in [1.165, 1.54) is 0 Å². The van der Waals surface area contributed by atoms with Crippen LogP contribution in [-0.2, 0) is 4.74 Å². The van der Waals surface area contributed by atoms with Crippen LogP contribution < -0.4 is 11.1 Å². The number of amidine groups is 1. The van der Waals surface area contributed by atoms with Crippen LogP contribution in [0.15, 0.2) is 35.5 Å². The molecule has 0 aromatic heterocycles. The Balaban J connectivity index is 2.58. The van der Waals surface area contributed by atoms with Crippen LogP contribution in [0.3, 0.4) is 0 Å². The molecule has 0 heterocycles. The lowest BCUT2D eigenvalue weighted by Crippen LogP contribution is -2.28. The molecule has 4 N–H and O–H groups in total. The van der Waals surface area contributed by atoms with Gasteiger partial charge < -0.3 is 21.0 Å². The van der Waals surface area contributed by atoms with Gasteiger partial charge in [0.15, 0.2) is 0 Å². The van der Waals surface area contributed by atoms with Crippen molar-refractivity contribution in [3.05, 3.63) is 35.9 Å². The van der Waals surface area contributed by atoms with E-state index in [-0.39, 0.29) is 11.9 Å². The van der Waals surface area contributed by atoms with Crippen molar-refractivity contribution < 1.29 is 9.94 Å². The number of nitrogens with two attached hydrogens (primary N) is 1. The summed E-state index contributed by atoms with van der Waals surface area (Å²) in [6.45, 7) is 1.55. The van der Waals surface area contributed by atoms with Crippen LogP contribution >= 0.6 is 0 Å². The van der Waals surface area contributed by atoms with E-state index in [0.29, 0.717) is 6.42 Å². The summed E-state index contributed by atoms with van der Waals surface area (Å²) in [7, 11) is 1.69. The first kappa shape index (κ1) is 14.5. The van der Waals surface area contributed by atoms with Crippen LogP contribution in [0.2, 0.25) is 0 Å². The summed E-state index contributed by atoms with van der Waals surface area (Å²) in [5, 5.41) is 15.1. The highest BCUT2D eigenvalue weighted by molar-refractivity contribution is 5.80. The number of oxime groups is 1. The van der Waals surface area contributed by atoms with Crippen LogP contribution in [0.1, 0.15) is 24.4 Å². The monoisotopic (exact) mass is 251 g/mol. The second-order valence-corrected chi connectivity index (χ2v) is 4.06. The molecule has 1 aromatic rings. The van der Waals surface area contributed by atoms with Gasteiger partial charge in [0, 0.05) is 26.2 Å². The van der Waals surface area contributed by atoms with Gasteiger partial charge in [-0.3, -0.25) is 0 Å².